The van der Waals surface area contributed by atoms with Crippen molar-refractivity contribution in [1.29, 1.82) is 0 Å². The summed E-state index contributed by atoms with van der Waals surface area (Å²) in [5.41, 5.74) is 1.55. The molecule has 136 valence electrons. The van der Waals surface area contributed by atoms with E-state index < -0.39 is 10.1 Å². The number of nitrogens with zero attached hydrogens (tertiary/aromatic N) is 1. The van der Waals surface area contributed by atoms with Crippen molar-refractivity contribution in [2.24, 2.45) is 7.05 Å². The van der Waals surface area contributed by atoms with Crippen molar-refractivity contribution in [1.82, 2.24) is 4.57 Å². The largest absolute Gasteiger partial charge is 0.493 e. The van der Waals surface area contributed by atoms with Crippen LogP contribution >= 0.6 is 0 Å². The van der Waals surface area contributed by atoms with E-state index in [-0.39, 0.29) is 15.7 Å². The molecule has 2 aromatic carbocycles. The maximum atomic E-state index is 12.5. The van der Waals surface area contributed by atoms with Crippen molar-refractivity contribution < 1.29 is 22.4 Å². The van der Waals surface area contributed by atoms with Gasteiger partial charge in [-0.3, -0.25) is 9.35 Å². The number of fused-ring (bicyclic) bond motifs is 1. The van der Waals surface area contributed by atoms with Gasteiger partial charge < -0.3 is 14.0 Å². The van der Waals surface area contributed by atoms with Crippen LogP contribution in [0.1, 0.15) is 0 Å². The van der Waals surface area contributed by atoms with Crippen LogP contribution in [0.15, 0.2) is 52.2 Å². The fourth-order valence-corrected chi connectivity index (χ4v) is 3.37. The van der Waals surface area contributed by atoms with E-state index in [0.29, 0.717) is 22.7 Å². The van der Waals surface area contributed by atoms with Crippen LogP contribution in [0.5, 0.6) is 11.5 Å². The van der Waals surface area contributed by atoms with Crippen LogP contribution < -0.4 is 14.9 Å². The molecule has 0 saturated heterocycles. The molecule has 7 nitrogen and oxygen atoms in total. The Morgan fingerprint density at radius 1 is 0.962 bits per heavy atom. The van der Waals surface area contributed by atoms with Gasteiger partial charge in [0.05, 0.1) is 30.3 Å². The molecular formula is C18H17NO6S. The van der Waals surface area contributed by atoms with Gasteiger partial charge in [-0.2, -0.15) is 8.42 Å². The standard InChI is InChI=1S/C18H17NO6S/c1-19-14-6-5-12(26(21,22)23)9-13(14)16(20)10-15(19)11-4-7-17(24-2)18(8-11)25-3/h4-10H,1-3H3,(H,21,22,23). The molecule has 3 aromatic rings. The zero-order valence-corrected chi connectivity index (χ0v) is 15.2. The van der Waals surface area contributed by atoms with Gasteiger partial charge in [0.15, 0.2) is 16.9 Å². The van der Waals surface area contributed by atoms with Crippen LogP contribution in [0.25, 0.3) is 22.2 Å². The summed E-state index contributed by atoms with van der Waals surface area (Å²) in [4.78, 5) is 12.2. The lowest BCUT2D eigenvalue weighted by molar-refractivity contribution is 0.355. The molecule has 1 aromatic heterocycles. The van der Waals surface area contributed by atoms with Crippen molar-refractivity contribution in [3.63, 3.8) is 0 Å². The van der Waals surface area contributed by atoms with Gasteiger partial charge in [0.25, 0.3) is 10.1 Å². The molecule has 8 heteroatoms. The van der Waals surface area contributed by atoms with Gasteiger partial charge >= 0.3 is 0 Å². The molecule has 0 atom stereocenters. The molecule has 0 radical (unpaired) electrons. The first kappa shape index (κ1) is 18.0. The van der Waals surface area contributed by atoms with E-state index in [1.807, 2.05) is 0 Å². The average Bonchev–Trinajstić information content (AvgIpc) is 2.63. The number of ether oxygens (including phenoxy) is 2. The molecule has 26 heavy (non-hydrogen) atoms. The molecule has 0 aliphatic carbocycles. The first-order valence-corrected chi connectivity index (χ1v) is 9.04. The number of pyridine rings is 1. The molecule has 0 saturated carbocycles. The van der Waals surface area contributed by atoms with Crippen LogP contribution in [0.2, 0.25) is 0 Å². The third kappa shape index (κ3) is 3.04. The molecular weight excluding hydrogens is 358 g/mol. The third-order valence-corrected chi connectivity index (χ3v) is 5.05. The Morgan fingerprint density at radius 2 is 1.65 bits per heavy atom. The molecule has 1 N–H and O–H groups in total. The second kappa shape index (κ2) is 6.47. The van der Waals surface area contributed by atoms with Crippen LogP contribution in [-0.4, -0.2) is 31.8 Å². The average molecular weight is 375 g/mol. The molecule has 1 heterocycles. The van der Waals surface area contributed by atoms with Crippen LogP contribution in [0.3, 0.4) is 0 Å². The van der Waals surface area contributed by atoms with Gasteiger partial charge in [-0.15, -0.1) is 0 Å². The number of hydrogen-bond donors (Lipinski definition) is 1. The quantitative estimate of drug-likeness (QED) is 0.704. The third-order valence-electron chi connectivity index (χ3n) is 4.20. The number of aryl methyl sites for hydroxylation is 1. The van der Waals surface area contributed by atoms with Crippen molar-refractivity contribution in [2.45, 2.75) is 4.90 Å². The lowest BCUT2D eigenvalue weighted by atomic mass is 10.1. The molecule has 0 spiro atoms. The highest BCUT2D eigenvalue weighted by molar-refractivity contribution is 7.85. The number of aromatic nitrogens is 1. The highest BCUT2D eigenvalue weighted by atomic mass is 32.2. The van der Waals surface area contributed by atoms with Crippen molar-refractivity contribution >= 4 is 21.0 Å². The van der Waals surface area contributed by atoms with Crippen LogP contribution in [0, 0.1) is 0 Å². The second-order valence-electron chi connectivity index (χ2n) is 5.68. The minimum atomic E-state index is -4.38. The summed E-state index contributed by atoms with van der Waals surface area (Å²) in [5.74, 6) is 1.10. The highest BCUT2D eigenvalue weighted by Gasteiger charge is 2.15. The fourth-order valence-electron chi connectivity index (χ4n) is 2.87. The minimum Gasteiger partial charge on any atom is -0.493 e. The summed E-state index contributed by atoms with van der Waals surface area (Å²) in [6.07, 6.45) is 0. The first-order chi connectivity index (χ1) is 12.3. The Balaban J connectivity index is 2.26. The summed E-state index contributed by atoms with van der Waals surface area (Å²) in [6, 6.07) is 10.6. The zero-order chi connectivity index (χ0) is 19.1. The van der Waals surface area contributed by atoms with Crippen molar-refractivity contribution in [3.05, 3.63) is 52.7 Å². The van der Waals surface area contributed by atoms with E-state index in [1.165, 1.54) is 38.5 Å². The smallest absolute Gasteiger partial charge is 0.294 e. The number of hydrogen-bond acceptors (Lipinski definition) is 5. The van der Waals surface area contributed by atoms with Gasteiger partial charge in [0.2, 0.25) is 0 Å². The highest BCUT2D eigenvalue weighted by Crippen LogP contribution is 2.32. The summed E-state index contributed by atoms with van der Waals surface area (Å²) >= 11 is 0. The molecule has 0 fully saturated rings. The first-order valence-electron chi connectivity index (χ1n) is 7.60. The lowest BCUT2D eigenvalue weighted by Crippen LogP contribution is -2.10. The predicted molar refractivity (Wildman–Crippen MR) is 97.5 cm³/mol. The van der Waals surface area contributed by atoms with E-state index in [0.717, 1.165) is 5.56 Å². The van der Waals surface area contributed by atoms with Crippen LogP contribution in [0.4, 0.5) is 0 Å². The lowest BCUT2D eigenvalue weighted by Gasteiger charge is -2.15. The van der Waals surface area contributed by atoms with Crippen molar-refractivity contribution in [2.75, 3.05) is 14.2 Å². The molecule has 0 unspecified atom stereocenters. The van der Waals surface area contributed by atoms with Crippen molar-refractivity contribution in [3.8, 4) is 22.8 Å². The Kier molecular flexibility index (Phi) is 4.47. The van der Waals surface area contributed by atoms with E-state index in [1.54, 1.807) is 29.8 Å². The molecule has 3 rings (SSSR count). The SMILES string of the molecule is COc1ccc(-c2cc(=O)c3cc(S(=O)(=O)O)ccc3n2C)cc1OC. The van der Waals surface area contributed by atoms with E-state index >= 15 is 0 Å². The maximum Gasteiger partial charge on any atom is 0.294 e. The van der Waals surface area contributed by atoms with Gasteiger partial charge in [-0.1, -0.05) is 0 Å². The maximum absolute atomic E-state index is 12.5. The minimum absolute atomic E-state index is 0.201. The van der Waals surface area contributed by atoms with E-state index in [9.17, 15) is 17.8 Å². The monoisotopic (exact) mass is 375 g/mol. The summed E-state index contributed by atoms with van der Waals surface area (Å²) in [6.45, 7) is 0. The predicted octanol–water partition coefficient (Wildman–Crippen LogP) is 2.47. The number of methoxy groups -OCH3 is 2. The topological polar surface area (TPSA) is 94.8 Å². The zero-order valence-electron chi connectivity index (χ0n) is 14.4. The molecule has 0 bridgehead atoms. The molecule has 0 amide bonds. The normalized spacial score (nSPS) is 11.5. The molecule has 0 aliphatic heterocycles. The van der Waals surface area contributed by atoms with Gasteiger partial charge in [0, 0.05) is 24.1 Å². The Labute approximate surface area is 150 Å². The Bertz CT molecular complexity index is 1160. The summed E-state index contributed by atoms with van der Waals surface area (Å²) in [7, 11) is 0.447. The number of benzene rings is 2. The second-order valence-corrected chi connectivity index (χ2v) is 7.10. The van der Waals surface area contributed by atoms with E-state index in [4.69, 9.17) is 9.47 Å². The Morgan fingerprint density at radius 3 is 2.27 bits per heavy atom. The summed E-state index contributed by atoms with van der Waals surface area (Å²) < 4.78 is 44.1. The van der Waals surface area contributed by atoms with Gasteiger partial charge in [-0.05, 0) is 36.4 Å². The Hall–Kier alpha value is -2.84. The molecule has 0 aliphatic rings. The fraction of sp³-hybridized carbons (Fsp3) is 0.167. The van der Waals surface area contributed by atoms with E-state index in [2.05, 4.69) is 0 Å². The summed E-state index contributed by atoms with van der Waals surface area (Å²) in [5, 5.41) is 0.201. The van der Waals surface area contributed by atoms with Crippen LogP contribution in [-0.2, 0) is 17.2 Å². The number of rotatable bonds is 4. The van der Waals surface area contributed by atoms with Gasteiger partial charge in [0.1, 0.15) is 0 Å². The van der Waals surface area contributed by atoms with Gasteiger partial charge in [-0.25, -0.2) is 0 Å².